The Balaban J connectivity index is 5.36. The van der Waals surface area contributed by atoms with E-state index in [2.05, 4.69) is 18.8 Å². The van der Waals surface area contributed by atoms with E-state index < -0.39 is 17.4 Å². The van der Waals surface area contributed by atoms with Gasteiger partial charge in [0.2, 0.25) is 5.41 Å². The van der Waals surface area contributed by atoms with Crippen LogP contribution in [0.5, 0.6) is 0 Å². The molecule has 0 amide bonds. The zero-order valence-corrected chi connectivity index (χ0v) is 13.5. The lowest BCUT2D eigenvalue weighted by Gasteiger charge is -2.20. The number of hydrogen-bond donors (Lipinski definition) is 0. The van der Waals surface area contributed by atoms with E-state index in [1.165, 1.54) is 6.08 Å². The number of rotatable bonds is 8. The lowest BCUT2D eigenvalue weighted by molar-refractivity contribution is -0.163. The van der Waals surface area contributed by atoms with Crippen LogP contribution in [0.4, 0.5) is 0 Å². The molecular weight excluding hydrogens is 268 g/mol. The van der Waals surface area contributed by atoms with Crippen molar-refractivity contribution in [3.8, 4) is 11.8 Å². The first-order valence-electron chi connectivity index (χ1n) is 7.57. The van der Waals surface area contributed by atoms with Gasteiger partial charge in [-0.25, -0.2) is 9.59 Å². The third-order valence-corrected chi connectivity index (χ3v) is 2.80. The molecule has 0 aromatic carbocycles. The number of carbonyl (C=O) groups is 2. The molecule has 0 N–H and O–H groups in total. The first-order valence-corrected chi connectivity index (χ1v) is 7.57. The van der Waals surface area contributed by atoms with Crippen molar-refractivity contribution >= 4 is 11.9 Å². The summed E-state index contributed by atoms with van der Waals surface area (Å²) < 4.78 is 10.0. The molecule has 0 saturated heterocycles. The average Bonchev–Trinajstić information content (AvgIpc) is 2.46. The number of unbranched alkanes of at least 4 members (excludes halogenated alkanes) is 3. The van der Waals surface area contributed by atoms with Gasteiger partial charge in [-0.15, -0.1) is 5.92 Å². The van der Waals surface area contributed by atoms with Crippen molar-refractivity contribution in [2.45, 2.75) is 53.4 Å². The molecule has 0 unspecified atom stereocenters. The highest BCUT2D eigenvalue weighted by molar-refractivity contribution is 6.06. The monoisotopic (exact) mass is 294 g/mol. The second-order valence-corrected chi connectivity index (χ2v) is 4.51. The summed E-state index contributed by atoms with van der Waals surface area (Å²) in [6, 6.07) is 0. The van der Waals surface area contributed by atoms with Gasteiger partial charge < -0.3 is 9.47 Å². The molecule has 118 valence electrons. The fourth-order valence-electron chi connectivity index (χ4n) is 1.77. The van der Waals surface area contributed by atoms with E-state index in [9.17, 15) is 9.59 Å². The van der Waals surface area contributed by atoms with E-state index in [4.69, 9.17) is 9.47 Å². The van der Waals surface area contributed by atoms with Crippen molar-refractivity contribution in [2.24, 2.45) is 5.41 Å². The molecule has 0 aromatic rings. The first kappa shape index (κ1) is 19.2. The van der Waals surface area contributed by atoms with Gasteiger partial charge in [0.05, 0.1) is 13.2 Å². The van der Waals surface area contributed by atoms with E-state index in [1.807, 2.05) is 0 Å². The third kappa shape index (κ3) is 6.03. The van der Waals surface area contributed by atoms with Crippen molar-refractivity contribution in [3.63, 3.8) is 0 Å². The van der Waals surface area contributed by atoms with Crippen molar-refractivity contribution in [3.05, 3.63) is 12.2 Å². The molecule has 0 fully saturated rings. The quantitative estimate of drug-likeness (QED) is 0.227. The fourth-order valence-corrected chi connectivity index (χ4v) is 1.77. The Kier molecular flexibility index (Phi) is 10.0. The van der Waals surface area contributed by atoms with E-state index in [0.717, 1.165) is 19.3 Å². The zero-order chi connectivity index (χ0) is 16.1. The predicted octanol–water partition coefficient (Wildman–Crippen LogP) is 3.26. The molecule has 4 nitrogen and oxygen atoms in total. The largest absolute Gasteiger partial charge is 0.464 e. The summed E-state index contributed by atoms with van der Waals surface area (Å²) in [5.41, 5.74) is -1.65. The van der Waals surface area contributed by atoms with E-state index >= 15 is 0 Å². The number of ether oxygens (including phenoxy) is 2. The summed E-state index contributed by atoms with van der Waals surface area (Å²) in [5, 5.41) is 0. The Morgan fingerprint density at radius 2 is 1.62 bits per heavy atom. The molecule has 21 heavy (non-hydrogen) atoms. The number of carbonyl (C=O) groups excluding carboxylic acids is 2. The molecule has 0 aliphatic heterocycles. The van der Waals surface area contributed by atoms with Gasteiger partial charge in [-0.2, -0.15) is 0 Å². The molecule has 0 bridgehead atoms. The normalized spacial score (nSPS) is 10.9. The number of esters is 2. The van der Waals surface area contributed by atoms with Crippen molar-refractivity contribution in [1.29, 1.82) is 0 Å². The molecule has 0 aromatic heterocycles. The van der Waals surface area contributed by atoms with Gasteiger partial charge in [0, 0.05) is 6.42 Å². The van der Waals surface area contributed by atoms with Gasteiger partial charge in [-0.1, -0.05) is 31.8 Å². The molecule has 0 saturated carbocycles. The Hall–Kier alpha value is -1.76. The standard InChI is InChI=1S/C17H26O4/c1-5-9-10-11-12-14-17(13-6-2,15(18)20-7-3)16(19)21-8-4/h6,13H,5,7-11H2,1-4H3. The van der Waals surface area contributed by atoms with Gasteiger partial charge in [-0.05, 0) is 33.3 Å². The Labute approximate surface area is 127 Å². The maximum atomic E-state index is 12.2. The summed E-state index contributed by atoms with van der Waals surface area (Å²) in [5.74, 6) is 4.35. The van der Waals surface area contributed by atoms with Crippen LogP contribution in [0.15, 0.2) is 12.2 Å². The van der Waals surface area contributed by atoms with Crippen molar-refractivity contribution < 1.29 is 19.1 Å². The minimum Gasteiger partial charge on any atom is -0.464 e. The van der Waals surface area contributed by atoms with Gasteiger partial charge in [0.15, 0.2) is 0 Å². The summed E-state index contributed by atoms with van der Waals surface area (Å²) >= 11 is 0. The summed E-state index contributed by atoms with van der Waals surface area (Å²) in [6.07, 6.45) is 6.83. The molecule has 4 heteroatoms. The summed E-state index contributed by atoms with van der Waals surface area (Å²) in [7, 11) is 0. The molecule has 0 radical (unpaired) electrons. The van der Waals surface area contributed by atoms with Crippen LogP contribution in [0.2, 0.25) is 0 Å². The van der Waals surface area contributed by atoms with Gasteiger partial charge in [0.1, 0.15) is 0 Å². The highest BCUT2D eigenvalue weighted by Gasteiger charge is 2.45. The lowest BCUT2D eigenvalue weighted by atomic mass is 9.88. The molecule has 0 aliphatic carbocycles. The van der Waals surface area contributed by atoms with E-state index in [0.29, 0.717) is 6.42 Å². The van der Waals surface area contributed by atoms with Crippen LogP contribution in [0.25, 0.3) is 0 Å². The molecule has 0 aliphatic rings. The SMILES string of the molecule is CC=CC(C#CCCCCC)(C(=O)OCC)C(=O)OCC. The second kappa shape index (κ2) is 11.0. The van der Waals surface area contributed by atoms with Crippen molar-refractivity contribution in [2.75, 3.05) is 13.2 Å². The van der Waals surface area contributed by atoms with Crippen LogP contribution >= 0.6 is 0 Å². The van der Waals surface area contributed by atoms with E-state index in [-0.39, 0.29) is 13.2 Å². The predicted molar refractivity (Wildman–Crippen MR) is 82.4 cm³/mol. The molecule has 0 rings (SSSR count). The highest BCUT2D eigenvalue weighted by Crippen LogP contribution is 2.23. The Bertz CT molecular complexity index is 394. The third-order valence-electron chi connectivity index (χ3n) is 2.80. The summed E-state index contributed by atoms with van der Waals surface area (Å²) in [4.78, 5) is 24.4. The van der Waals surface area contributed by atoms with Crippen LogP contribution in [-0.2, 0) is 19.1 Å². The zero-order valence-electron chi connectivity index (χ0n) is 13.5. The average molecular weight is 294 g/mol. The molecular formula is C17H26O4. The Morgan fingerprint density at radius 1 is 1.05 bits per heavy atom. The van der Waals surface area contributed by atoms with Gasteiger partial charge in [-0.3, -0.25) is 0 Å². The molecule has 0 atom stereocenters. The first-order chi connectivity index (χ1) is 10.1. The van der Waals surface area contributed by atoms with Gasteiger partial charge in [0.25, 0.3) is 0 Å². The molecule has 0 heterocycles. The van der Waals surface area contributed by atoms with Crippen LogP contribution in [0, 0.1) is 17.3 Å². The van der Waals surface area contributed by atoms with Crippen LogP contribution in [0.1, 0.15) is 53.4 Å². The molecule has 0 spiro atoms. The maximum absolute atomic E-state index is 12.2. The topological polar surface area (TPSA) is 52.6 Å². The number of allylic oxidation sites excluding steroid dienone is 1. The summed E-state index contributed by atoms with van der Waals surface area (Å²) in [6.45, 7) is 7.60. The van der Waals surface area contributed by atoms with Crippen molar-refractivity contribution in [1.82, 2.24) is 0 Å². The van der Waals surface area contributed by atoms with Crippen LogP contribution in [0.3, 0.4) is 0 Å². The fraction of sp³-hybridized carbons (Fsp3) is 0.647. The van der Waals surface area contributed by atoms with Crippen LogP contribution in [-0.4, -0.2) is 25.2 Å². The Morgan fingerprint density at radius 3 is 2.05 bits per heavy atom. The smallest absolute Gasteiger partial charge is 0.339 e. The second-order valence-electron chi connectivity index (χ2n) is 4.51. The van der Waals surface area contributed by atoms with Crippen LogP contribution < -0.4 is 0 Å². The number of hydrogen-bond acceptors (Lipinski definition) is 4. The van der Waals surface area contributed by atoms with Gasteiger partial charge >= 0.3 is 11.9 Å². The van der Waals surface area contributed by atoms with E-state index in [1.54, 1.807) is 26.8 Å². The maximum Gasteiger partial charge on any atom is 0.339 e. The minimum absolute atomic E-state index is 0.190. The highest BCUT2D eigenvalue weighted by atomic mass is 16.6. The lowest BCUT2D eigenvalue weighted by Crippen LogP contribution is -2.39. The minimum atomic E-state index is -1.65.